The molecule has 5 nitrogen and oxygen atoms in total. The quantitative estimate of drug-likeness (QED) is 0.738. The van der Waals surface area contributed by atoms with Crippen molar-refractivity contribution in [3.8, 4) is 0 Å². The van der Waals surface area contributed by atoms with Crippen LogP contribution >= 0.6 is 0 Å². The first-order valence-corrected chi connectivity index (χ1v) is 5.01. The zero-order valence-electron chi connectivity index (χ0n) is 7.85. The lowest BCUT2D eigenvalue weighted by molar-refractivity contribution is 0.187. The molecule has 1 aliphatic heterocycles. The van der Waals surface area contributed by atoms with Gasteiger partial charge in [0.1, 0.15) is 0 Å². The van der Waals surface area contributed by atoms with Gasteiger partial charge < -0.3 is 15.0 Å². The third-order valence-corrected chi connectivity index (χ3v) is 2.84. The van der Waals surface area contributed by atoms with Crippen molar-refractivity contribution >= 4 is 0 Å². The summed E-state index contributed by atoms with van der Waals surface area (Å²) in [5.41, 5.74) is 5.86. The minimum atomic E-state index is 0.00232. The van der Waals surface area contributed by atoms with Crippen LogP contribution in [-0.4, -0.2) is 29.4 Å². The predicted octanol–water partition coefficient (Wildman–Crippen LogP) is 0.388. The maximum absolute atomic E-state index is 5.86. The van der Waals surface area contributed by atoms with Gasteiger partial charge in [-0.25, -0.2) is 0 Å². The molecule has 0 bridgehead atoms. The maximum atomic E-state index is 5.86. The fourth-order valence-corrected chi connectivity index (χ4v) is 1.73. The van der Waals surface area contributed by atoms with Crippen LogP contribution in [0.4, 0.5) is 0 Å². The van der Waals surface area contributed by atoms with Gasteiger partial charge >= 0.3 is 0 Å². The van der Waals surface area contributed by atoms with E-state index in [1.165, 1.54) is 12.8 Å². The fourth-order valence-electron chi connectivity index (χ4n) is 1.73. The van der Waals surface area contributed by atoms with E-state index < -0.39 is 0 Å². The van der Waals surface area contributed by atoms with Gasteiger partial charge in [-0.15, -0.1) is 0 Å². The predicted molar refractivity (Wildman–Crippen MR) is 47.8 cm³/mol. The summed E-state index contributed by atoms with van der Waals surface area (Å²) in [4.78, 5) is 4.37. The highest BCUT2D eigenvalue weighted by atomic mass is 16.5. The molecular weight excluding hydrogens is 182 g/mol. The van der Waals surface area contributed by atoms with Crippen molar-refractivity contribution in [3.63, 3.8) is 0 Å². The number of ether oxygens (including phenoxy) is 1. The summed E-state index contributed by atoms with van der Waals surface area (Å²) in [5.74, 6) is 2.12. The standard InChI is InChI=1S/C9H13N3O2/c10-7-4-13-3-6(7)9-11-8(12-14-9)5-1-2-5/h5-7H,1-4,10H2. The van der Waals surface area contributed by atoms with Gasteiger partial charge in [-0.1, -0.05) is 5.16 Å². The first kappa shape index (κ1) is 8.38. The van der Waals surface area contributed by atoms with Crippen molar-refractivity contribution in [1.29, 1.82) is 0 Å². The summed E-state index contributed by atoms with van der Waals surface area (Å²) in [5, 5.41) is 3.96. The smallest absolute Gasteiger partial charge is 0.233 e. The Morgan fingerprint density at radius 2 is 2.14 bits per heavy atom. The summed E-state index contributed by atoms with van der Waals surface area (Å²) in [7, 11) is 0. The van der Waals surface area contributed by atoms with Crippen LogP contribution in [0.25, 0.3) is 0 Å². The van der Waals surface area contributed by atoms with Crippen LogP contribution < -0.4 is 5.73 Å². The number of nitrogens with two attached hydrogens (primary N) is 1. The Kier molecular flexibility index (Phi) is 1.81. The van der Waals surface area contributed by atoms with Gasteiger partial charge in [0.05, 0.1) is 19.1 Å². The number of hydrogen-bond acceptors (Lipinski definition) is 5. The van der Waals surface area contributed by atoms with Gasteiger partial charge in [-0.3, -0.25) is 0 Å². The Morgan fingerprint density at radius 3 is 2.79 bits per heavy atom. The Hall–Kier alpha value is -0.940. The molecule has 0 aromatic carbocycles. The highest BCUT2D eigenvalue weighted by Crippen LogP contribution is 2.38. The molecule has 1 aromatic heterocycles. The van der Waals surface area contributed by atoms with Crippen molar-refractivity contribution in [1.82, 2.24) is 10.1 Å². The van der Waals surface area contributed by atoms with E-state index >= 15 is 0 Å². The highest BCUT2D eigenvalue weighted by Gasteiger charge is 2.34. The van der Waals surface area contributed by atoms with Gasteiger partial charge in [0, 0.05) is 12.0 Å². The Bertz CT molecular complexity index is 335. The molecule has 2 N–H and O–H groups in total. The van der Waals surface area contributed by atoms with Crippen molar-refractivity contribution in [2.24, 2.45) is 5.73 Å². The molecule has 1 aliphatic carbocycles. The number of nitrogens with zero attached hydrogens (tertiary/aromatic N) is 2. The number of aromatic nitrogens is 2. The first-order valence-electron chi connectivity index (χ1n) is 5.01. The topological polar surface area (TPSA) is 74.2 Å². The van der Waals surface area contributed by atoms with Crippen molar-refractivity contribution in [2.75, 3.05) is 13.2 Å². The minimum absolute atomic E-state index is 0.00232. The van der Waals surface area contributed by atoms with Crippen molar-refractivity contribution in [2.45, 2.75) is 30.7 Å². The van der Waals surface area contributed by atoms with Gasteiger partial charge in [-0.2, -0.15) is 4.98 Å². The average Bonchev–Trinajstić information content (AvgIpc) is 2.75. The lowest BCUT2D eigenvalue weighted by Crippen LogP contribution is -2.27. The Morgan fingerprint density at radius 1 is 1.29 bits per heavy atom. The molecule has 76 valence electrons. The second-order valence-corrected chi connectivity index (χ2v) is 4.07. The van der Waals surface area contributed by atoms with E-state index in [4.69, 9.17) is 15.0 Å². The molecule has 1 saturated heterocycles. The second-order valence-electron chi connectivity index (χ2n) is 4.07. The zero-order chi connectivity index (χ0) is 9.54. The van der Waals surface area contributed by atoms with Crippen LogP contribution in [0.5, 0.6) is 0 Å². The maximum Gasteiger partial charge on any atom is 0.233 e. The van der Waals surface area contributed by atoms with Crippen LogP contribution in [0.1, 0.15) is 36.4 Å². The lowest BCUT2D eigenvalue weighted by Gasteiger charge is -2.05. The van der Waals surface area contributed by atoms with Crippen LogP contribution in [0, 0.1) is 0 Å². The highest BCUT2D eigenvalue weighted by molar-refractivity contribution is 5.07. The molecular formula is C9H13N3O2. The zero-order valence-corrected chi connectivity index (χ0v) is 7.85. The van der Waals surface area contributed by atoms with E-state index in [0.717, 1.165) is 5.82 Å². The minimum Gasteiger partial charge on any atom is -0.379 e. The van der Waals surface area contributed by atoms with Gasteiger partial charge in [0.25, 0.3) is 0 Å². The summed E-state index contributed by atoms with van der Waals surface area (Å²) < 4.78 is 10.5. The van der Waals surface area contributed by atoms with E-state index in [1.807, 2.05) is 0 Å². The molecule has 3 rings (SSSR count). The summed E-state index contributed by atoms with van der Waals surface area (Å²) >= 11 is 0. The van der Waals surface area contributed by atoms with Crippen molar-refractivity contribution < 1.29 is 9.26 Å². The third kappa shape index (κ3) is 1.33. The van der Waals surface area contributed by atoms with Crippen LogP contribution in [-0.2, 0) is 4.74 Å². The second kappa shape index (κ2) is 3.03. The SMILES string of the molecule is NC1COCC1c1nc(C2CC2)no1. The summed E-state index contributed by atoms with van der Waals surface area (Å²) in [6, 6.07) is 0.00232. The van der Waals surface area contributed by atoms with E-state index in [0.29, 0.717) is 25.0 Å². The summed E-state index contributed by atoms with van der Waals surface area (Å²) in [6.45, 7) is 1.19. The monoisotopic (exact) mass is 195 g/mol. The Labute approximate surface area is 81.6 Å². The van der Waals surface area contributed by atoms with E-state index in [2.05, 4.69) is 10.1 Å². The molecule has 2 unspecified atom stereocenters. The van der Waals surface area contributed by atoms with Crippen LogP contribution in [0.15, 0.2) is 4.52 Å². The molecule has 5 heteroatoms. The molecule has 0 spiro atoms. The fraction of sp³-hybridized carbons (Fsp3) is 0.778. The molecule has 0 amide bonds. The first-order chi connectivity index (χ1) is 6.84. The number of rotatable bonds is 2. The Balaban J connectivity index is 1.81. The van der Waals surface area contributed by atoms with Crippen molar-refractivity contribution in [3.05, 3.63) is 11.7 Å². The molecule has 0 radical (unpaired) electrons. The largest absolute Gasteiger partial charge is 0.379 e. The van der Waals surface area contributed by atoms with E-state index in [-0.39, 0.29) is 12.0 Å². The van der Waals surface area contributed by atoms with Gasteiger partial charge in [-0.05, 0) is 12.8 Å². The van der Waals surface area contributed by atoms with Crippen LogP contribution in [0.2, 0.25) is 0 Å². The molecule has 2 aliphatic rings. The molecule has 1 saturated carbocycles. The molecule has 2 heterocycles. The summed E-state index contributed by atoms with van der Waals surface area (Å²) in [6.07, 6.45) is 2.37. The van der Waals surface area contributed by atoms with Gasteiger partial charge in [0.15, 0.2) is 5.82 Å². The molecule has 1 aromatic rings. The van der Waals surface area contributed by atoms with E-state index in [1.54, 1.807) is 0 Å². The van der Waals surface area contributed by atoms with E-state index in [9.17, 15) is 0 Å². The van der Waals surface area contributed by atoms with Gasteiger partial charge in [0.2, 0.25) is 5.89 Å². The molecule has 2 fully saturated rings. The lowest BCUT2D eigenvalue weighted by atomic mass is 10.1. The number of hydrogen-bond donors (Lipinski definition) is 1. The third-order valence-electron chi connectivity index (χ3n) is 2.84. The molecule has 2 atom stereocenters. The van der Waals surface area contributed by atoms with Crippen LogP contribution in [0.3, 0.4) is 0 Å². The molecule has 14 heavy (non-hydrogen) atoms. The normalized spacial score (nSPS) is 32.4. The average molecular weight is 195 g/mol.